The van der Waals surface area contributed by atoms with E-state index in [0.29, 0.717) is 29.6 Å². The van der Waals surface area contributed by atoms with E-state index in [1.807, 2.05) is 36.5 Å². The molecule has 5 heterocycles. The number of nitrogens with one attached hydrogen (secondary N) is 1. The van der Waals surface area contributed by atoms with E-state index < -0.39 is 5.91 Å². The van der Waals surface area contributed by atoms with Crippen molar-refractivity contribution in [3.8, 4) is 10.4 Å². The average Bonchev–Trinajstić information content (AvgIpc) is 3.35. The van der Waals surface area contributed by atoms with Gasteiger partial charge in [0.1, 0.15) is 16.6 Å². The standard InChI is InChI=1S/C26H33N7O3S/c1-31-7-9-33(10-8-31)24-6-5-18(16-28-24)22-15-19(25(27)35)26(37-22)30-23-4-2-3-20(29-23)21(17-34)32-11-13-36-14-12-32/h2-6,15-16,21,34H,7-14,17H2,1H3,(H2,27,35)(H,29,30). The highest BCUT2D eigenvalue weighted by Crippen LogP contribution is 2.37. The van der Waals surface area contributed by atoms with Crippen LogP contribution in [0, 0.1) is 0 Å². The lowest BCUT2D eigenvalue weighted by Gasteiger charge is -2.33. The molecule has 1 amide bonds. The largest absolute Gasteiger partial charge is 0.394 e. The first-order chi connectivity index (χ1) is 18.0. The Kier molecular flexibility index (Phi) is 7.96. The summed E-state index contributed by atoms with van der Waals surface area (Å²) in [5.74, 6) is 1.04. The summed E-state index contributed by atoms with van der Waals surface area (Å²) >= 11 is 1.44. The van der Waals surface area contributed by atoms with Gasteiger partial charge in [-0.1, -0.05) is 6.07 Å². The number of primary amides is 1. The molecule has 0 bridgehead atoms. The van der Waals surface area contributed by atoms with Crippen LogP contribution in [0.1, 0.15) is 22.1 Å². The van der Waals surface area contributed by atoms with Crippen molar-refractivity contribution in [1.82, 2.24) is 19.8 Å². The predicted octanol–water partition coefficient (Wildman–Crippen LogP) is 2.17. The number of amides is 1. The first-order valence-corrected chi connectivity index (χ1v) is 13.3. The molecule has 2 saturated heterocycles. The maximum atomic E-state index is 12.3. The van der Waals surface area contributed by atoms with Crippen LogP contribution in [0.2, 0.25) is 0 Å². The van der Waals surface area contributed by atoms with Crippen LogP contribution >= 0.6 is 11.3 Å². The molecule has 3 aromatic heterocycles. The van der Waals surface area contributed by atoms with Crippen molar-refractivity contribution >= 4 is 33.9 Å². The van der Waals surface area contributed by atoms with Crippen molar-refractivity contribution in [2.45, 2.75) is 6.04 Å². The summed E-state index contributed by atoms with van der Waals surface area (Å²) in [5, 5.41) is 14.0. The van der Waals surface area contributed by atoms with Crippen LogP contribution in [0.3, 0.4) is 0 Å². The Hall–Kier alpha value is -3.09. The van der Waals surface area contributed by atoms with Gasteiger partial charge in [0.2, 0.25) is 0 Å². The number of nitrogens with zero attached hydrogens (tertiary/aromatic N) is 5. The number of likely N-dealkylation sites (N-methyl/N-ethyl adjacent to an activating group) is 1. The fourth-order valence-corrected chi connectivity index (χ4v) is 5.73. The lowest BCUT2D eigenvalue weighted by molar-refractivity contribution is 0.00158. The summed E-state index contributed by atoms with van der Waals surface area (Å²) in [4.78, 5) is 29.4. The first kappa shape index (κ1) is 25.6. The predicted molar refractivity (Wildman–Crippen MR) is 146 cm³/mol. The Labute approximate surface area is 220 Å². The van der Waals surface area contributed by atoms with E-state index in [2.05, 4.69) is 32.0 Å². The number of piperazine rings is 1. The smallest absolute Gasteiger partial charge is 0.251 e. The molecule has 3 aromatic rings. The molecule has 4 N–H and O–H groups in total. The van der Waals surface area contributed by atoms with Gasteiger partial charge >= 0.3 is 0 Å². The molecule has 1 atom stereocenters. The number of aromatic nitrogens is 2. The van der Waals surface area contributed by atoms with Crippen LogP contribution in [0.25, 0.3) is 10.4 Å². The lowest BCUT2D eigenvalue weighted by atomic mass is 10.1. The fourth-order valence-electron chi connectivity index (χ4n) is 4.67. The Balaban J connectivity index is 1.35. The van der Waals surface area contributed by atoms with Crippen molar-refractivity contribution in [3.05, 3.63) is 53.9 Å². The number of morpholine rings is 1. The summed E-state index contributed by atoms with van der Waals surface area (Å²) in [6.07, 6.45) is 1.85. The molecule has 2 aliphatic heterocycles. The summed E-state index contributed by atoms with van der Waals surface area (Å²) in [7, 11) is 2.13. The molecule has 0 aromatic carbocycles. The number of hydrogen-bond acceptors (Lipinski definition) is 10. The maximum absolute atomic E-state index is 12.3. The molecule has 0 aliphatic carbocycles. The van der Waals surface area contributed by atoms with Crippen LogP contribution < -0.4 is 16.0 Å². The Morgan fingerprint density at radius 2 is 1.95 bits per heavy atom. The van der Waals surface area contributed by atoms with E-state index in [-0.39, 0.29) is 12.6 Å². The molecule has 10 nitrogen and oxygen atoms in total. The minimum Gasteiger partial charge on any atom is -0.394 e. The number of anilines is 3. The summed E-state index contributed by atoms with van der Waals surface area (Å²) in [6.45, 7) is 6.67. The highest BCUT2D eigenvalue weighted by Gasteiger charge is 2.24. The van der Waals surface area contributed by atoms with E-state index in [1.54, 1.807) is 6.07 Å². The molecule has 196 valence electrons. The molecular formula is C26H33N7O3S. The zero-order valence-corrected chi connectivity index (χ0v) is 21.8. The Bertz CT molecular complexity index is 1210. The number of hydrogen-bond donors (Lipinski definition) is 3. The number of pyridine rings is 2. The van der Waals surface area contributed by atoms with Crippen LogP contribution in [0.15, 0.2) is 42.6 Å². The number of carbonyl (C=O) groups excluding carboxylic acids is 1. The molecule has 2 aliphatic rings. The topological polar surface area (TPSA) is 120 Å². The van der Waals surface area contributed by atoms with Gasteiger partial charge in [-0.3, -0.25) is 9.69 Å². The second kappa shape index (κ2) is 11.5. The highest BCUT2D eigenvalue weighted by molar-refractivity contribution is 7.19. The number of rotatable bonds is 8. The molecule has 11 heteroatoms. The van der Waals surface area contributed by atoms with Gasteiger partial charge in [-0.15, -0.1) is 11.3 Å². The van der Waals surface area contributed by atoms with Gasteiger partial charge in [-0.2, -0.15) is 0 Å². The third kappa shape index (κ3) is 5.91. The number of nitrogens with two attached hydrogens (primary N) is 1. The normalized spacial score (nSPS) is 18.1. The number of aliphatic hydroxyl groups excluding tert-OH is 1. The van der Waals surface area contributed by atoms with Crippen molar-refractivity contribution < 1.29 is 14.6 Å². The third-order valence-corrected chi connectivity index (χ3v) is 7.97. The van der Waals surface area contributed by atoms with Crippen molar-refractivity contribution in [1.29, 1.82) is 0 Å². The Morgan fingerprint density at radius 3 is 2.62 bits per heavy atom. The summed E-state index contributed by atoms with van der Waals surface area (Å²) in [6, 6.07) is 11.3. The van der Waals surface area contributed by atoms with E-state index in [9.17, 15) is 9.90 Å². The highest BCUT2D eigenvalue weighted by atomic mass is 32.1. The number of ether oxygens (including phenoxy) is 1. The number of carbonyl (C=O) groups is 1. The van der Waals surface area contributed by atoms with Gasteiger partial charge in [0, 0.05) is 55.9 Å². The lowest BCUT2D eigenvalue weighted by Crippen LogP contribution is -2.44. The van der Waals surface area contributed by atoms with Gasteiger partial charge in [0.05, 0.1) is 37.1 Å². The molecule has 37 heavy (non-hydrogen) atoms. The van der Waals surface area contributed by atoms with Gasteiger partial charge in [-0.25, -0.2) is 9.97 Å². The molecule has 1 unspecified atom stereocenters. The monoisotopic (exact) mass is 523 g/mol. The van der Waals surface area contributed by atoms with Gasteiger partial charge in [0.25, 0.3) is 5.91 Å². The fraction of sp³-hybridized carbons (Fsp3) is 0.423. The first-order valence-electron chi connectivity index (χ1n) is 12.5. The zero-order chi connectivity index (χ0) is 25.8. The van der Waals surface area contributed by atoms with Crippen LogP contribution in [0.5, 0.6) is 0 Å². The van der Waals surface area contributed by atoms with Crippen molar-refractivity contribution in [2.24, 2.45) is 5.73 Å². The van der Waals surface area contributed by atoms with Crippen molar-refractivity contribution in [3.63, 3.8) is 0 Å². The summed E-state index contributed by atoms with van der Waals surface area (Å²) < 4.78 is 5.44. The average molecular weight is 524 g/mol. The minimum absolute atomic E-state index is 0.0384. The zero-order valence-electron chi connectivity index (χ0n) is 21.0. The van der Waals surface area contributed by atoms with E-state index in [4.69, 9.17) is 15.5 Å². The molecule has 0 spiro atoms. The molecular weight excluding hydrogens is 490 g/mol. The molecule has 2 fully saturated rings. The van der Waals surface area contributed by atoms with Crippen LogP contribution in [-0.2, 0) is 4.74 Å². The van der Waals surface area contributed by atoms with E-state index in [0.717, 1.165) is 61.2 Å². The van der Waals surface area contributed by atoms with Gasteiger partial charge < -0.3 is 30.7 Å². The second-order valence-corrected chi connectivity index (χ2v) is 10.4. The Morgan fingerprint density at radius 1 is 1.16 bits per heavy atom. The molecule has 0 saturated carbocycles. The molecule has 5 rings (SSSR count). The summed E-state index contributed by atoms with van der Waals surface area (Å²) in [5.41, 5.74) is 7.81. The van der Waals surface area contributed by atoms with Gasteiger partial charge in [-0.05, 0) is 37.4 Å². The minimum atomic E-state index is -0.510. The quantitative estimate of drug-likeness (QED) is 0.408. The van der Waals surface area contributed by atoms with Crippen LogP contribution in [0.4, 0.5) is 16.6 Å². The molecule has 0 radical (unpaired) electrons. The van der Waals surface area contributed by atoms with Gasteiger partial charge in [0.15, 0.2) is 0 Å². The maximum Gasteiger partial charge on any atom is 0.251 e. The third-order valence-electron chi connectivity index (χ3n) is 6.87. The van der Waals surface area contributed by atoms with Crippen LogP contribution in [-0.4, -0.2) is 96.9 Å². The second-order valence-electron chi connectivity index (χ2n) is 9.33. The van der Waals surface area contributed by atoms with E-state index in [1.165, 1.54) is 11.3 Å². The SMILES string of the molecule is CN1CCN(c2ccc(-c3cc(C(N)=O)c(Nc4cccc(C(CO)N5CCOCC5)n4)s3)cn2)CC1. The number of thiophene rings is 1. The number of aliphatic hydroxyl groups is 1. The van der Waals surface area contributed by atoms with Crippen molar-refractivity contribution in [2.75, 3.05) is 76.4 Å². The van der Waals surface area contributed by atoms with E-state index >= 15 is 0 Å².